The van der Waals surface area contributed by atoms with E-state index in [9.17, 15) is 14.4 Å². The predicted octanol–water partition coefficient (Wildman–Crippen LogP) is 13.2. The summed E-state index contributed by atoms with van der Waals surface area (Å²) in [6.07, 6.45) is 36.0. The second-order valence-electron chi connectivity index (χ2n) is 14.9. The molecule has 0 N–H and O–H groups in total. The summed E-state index contributed by atoms with van der Waals surface area (Å²) in [5.41, 5.74) is 0. The lowest BCUT2D eigenvalue weighted by Gasteiger charge is -2.36. The van der Waals surface area contributed by atoms with Gasteiger partial charge in [0.15, 0.2) is 0 Å². The Morgan fingerprint density at radius 1 is 0.380 bits per heavy atom. The number of amides is 1. The maximum atomic E-state index is 14.1. The third kappa shape index (κ3) is 27.1. The van der Waals surface area contributed by atoms with Crippen LogP contribution in [0.4, 0.5) is 0 Å². The van der Waals surface area contributed by atoms with Crippen LogP contribution in [0.15, 0.2) is 0 Å². The molecule has 0 fully saturated rings. The molecule has 6 heteroatoms. The number of hydrogen-bond acceptors (Lipinski definition) is 5. The van der Waals surface area contributed by atoms with Crippen molar-refractivity contribution in [3.63, 3.8) is 0 Å². The fourth-order valence-electron chi connectivity index (χ4n) is 7.15. The topological polar surface area (TPSA) is 72.9 Å². The molecule has 1 amide bonds. The average Bonchev–Trinajstić information content (AvgIpc) is 3.11. The van der Waals surface area contributed by atoms with E-state index in [4.69, 9.17) is 9.47 Å². The Balaban J connectivity index is 5.52. The molecule has 2 atom stereocenters. The van der Waals surface area contributed by atoms with Gasteiger partial charge in [0.25, 0.3) is 0 Å². The molecule has 0 aliphatic carbocycles. The maximum absolute atomic E-state index is 14.1. The molecule has 0 radical (unpaired) electrons. The van der Waals surface area contributed by atoms with Crippen molar-refractivity contribution in [2.75, 3.05) is 13.2 Å². The monoisotopic (exact) mass is 708 g/mol. The lowest BCUT2D eigenvalue weighted by atomic mass is 9.98. The largest absolute Gasteiger partial charge is 0.464 e. The van der Waals surface area contributed by atoms with Crippen LogP contribution in [0.1, 0.15) is 240 Å². The van der Waals surface area contributed by atoms with Crippen molar-refractivity contribution in [2.24, 2.45) is 0 Å². The minimum absolute atomic E-state index is 0.0942. The summed E-state index contributed by atoms with van der Waals surface area (Å²) >= 11 is 0. The van der Waals surface area contributed by atoms with E-state index in [0.717, 1.165) is 57.8 Å². The second kappa shape index (κ2) is 37.2. The van der Waals surface area contributed by atoms with Crippen LogP contribution in [0, 0.1) is 0 Å². The van der Waals surface area contributed by atoms with Crippen molar-refractivity contribution in [2.45, 2.75) is 252 Å². The van der Waals surface area contributed by atoms with Gasteiger partial charge in [-0.25, -0.2) is 9.59 Å². The Morgan fingerprint density at radius 3 is 0.920 bits per heavy atom. The molecule has 0 rings (SSSR count). The number of unbranched alkanes of at least 4 members (excludes halogenated alkanes) is 26. The van der Waals surface area contributed by atoms with Crippen LogP contribution in [0.5, 0.6) is 0 Å². The fraction of sp³-hybridized carbons (Fsp3) is 0.932. The zero-order valence-electron chi connectivity index (χ0n) is 34.2. The van der Waals surface area contributed by atoms with Crippen LogP contribution in [0.25, 0.3) is 0 Å². The molecule has 50 heavy (non-hydrogen) atoms. The molecule has 2 unspecified atom stereocenters. The second-order valence-corrected chi connectivity index (χ2v) is 14.9. The Morgan fingerprint density at radius 2 is 0.640 bits per heavy atom. The molecule has 0 bridgehead atoms. The van der Waals surface area contributed by atoms with E-state index in [0.29, 0.717) is 19.3 Å². The van der Waals surface area contributed by atoms with Gasteiger partial charge in [-0.1, -0.05) is 201 Å². The minimum atomic E-state index is -0.743. The van der Waals surface area contributed by atoms with Gasteiger partial charge < -0.3 is 14.4 Å². The SMILES string of the molecule is CCCCCCCCCCCCC(C(=O)OCC)N(C(=O)CCCCCCCCCCC)C(CCCCCCCCCCCC)C(=O)OCC. The molecule has 0 aromatic rings. The normalized spacial score (nSPS) is 12.5. The number of ether oxygens (including phenoxy) is 2. The van der Waals surface area contributed by atoms with Crippen molar-refractivity contribution in [3.8, 4) is 0 Å². The zero-order valence-corrected chi connectivity index (χ0v) is 34.2. The molecule has 0 saturated heterocycles. The van der Waals surface area contributed by atoms with Gasteiger partial charge in [0.2, 0.25) is 5.91 Å². The summed E-state index contributed by atoms with van der Waals surface area (Å²) in [5, 5.41) is 0. The van der Waals surface area contributed by atoms with Crippen molar-refractivity contribution >= 4 is 17.8 Å². The van der Waals surface area contributed by atoms with Crippen LogP contribution in [0.2, 0.25) is 0 Å². The van der Waals surface area contributed by atoms with Gasteiger partial charge in [-0.15, -0.1) is 0 Å². The van der Waals surface area contributed by atoms with E-state index in [-0.39, 0.29) is 31.1 Å². The highest BCUT2D eigenvalue weighted by Gasteiger charge is 2.39. The summed E-state index contributed by atoms with van der Waals surface area (Å²) in [4.78, 5) is 42.9. The molecule has 0 aromatic carbocycles. The van der Waals surface area contributed by atoms with Crippen LogP contribution in [0.3, 0.4) is 0 Å². The lowest BCUT2D eigenvalue weighted by Crippen LogP contribution is -2.54. The first kappa shape index (κ1) is 48.4. The Labute approximate surface area is 311 Å². The molecule has 6 nitrogen and oxygen atoms in total. The standard InChI is InChI=1S/C44H85NO5/c1-6-11-14-17-20-23-26-28-31-34-37-40(43(47)49-9-4)45(42(46)39-36-33-30-25-22-19-16-13-8-3)41(44(48)50-10-5)38-35-32-29-27-24-21-18-15-12-7-2/h40-41H,6-39H2,1-5H3. The quantitative estimate of drug-likeness (QED) is 0.0472. The number of rotatable bonds is 38. The lowest BCUT2D eigenvalue weighted by molar-refractivity contribution is -0.165. The molecule has 0 aliphatic rings. The molecule has 0 aromatic heterocycles. The van der Waals surface area contributed by atoms with Gasteiger partial charge in [0, 0.05) is 6.42 Å². The van der Waals surface area contributed by atoms with Gasteiger partial charge in [0.05, 0.1) is 13.2 Å². The molecule has 296 valence electrons. The first-order chi connectivity index (χ1) is 24.5. The summed E-state index contributed by atoms with van der Waals surface area (Å²) < 4.78 is 11.2. The molecule has 0 saturated carbocycles. The summed E-state index contributed by atoms with van der Waals surface area (Å²) in [6, 6.07) is -1.49. The first-order valence-corrected chi connectivity index (χ1v) is 22.1. The maximum Gasteiger partial charge on any atom is 0.328 e. The number of esters is 2. The van der Waals surface area contributed by atoms with E-state index < -0.39 is 12.1 Å². The van der Waals surface area contributed by atoms with Crippen molar-refractivity contribution in [3.05, 3.63) is 0 Å². The third-order valence-corrected chi connectivity index (χ3v) is 10.2. The molecule has 0 heterocycles. The summed E-state index contributed by atoms with van der Waals surface area (Å²) in [7, 11) is 0. The van der Waals surface area contributed by atoms with Gasteiger partial charge >= 0.3 is 11.9 Å². The van der Waals surface area contributed by atoms with Crippen LogP contribution in [-0.2, 0) is 23.9 Å². The van der Waals surface area contributed by atoms with E-state index in [1.807, 2.05) is 13.8 Å². The van der Waals surface area contributed by atoms with Crippen LogP contribution >= 0.6 is 0 Å². The van der Waals surface area contributed by atoms with Crippen molar-refractivity contribution in [1.29, 1.82) is 0 Å². The van der Waals surface area contributed by atoms with Gasteiger partial charge in [-0.05, 0) is 33.1 Å². The van der Waals surface area contributed by atoms with E-state index in [2.05, 4.69) is 20.8 Å². The average molecular weight is 708 g/mol. The number of carbonyl (C=O) groups excluding carboxylic acids is 3. The minimum Gasteiger partial charge on any atom is -0.464 e. The highest BCUT2D eigenvalue weighted by atomic mass is 16.5. The Bertz CT molecular complexity index is 726. The summed E-state index contributed by atoms with van der Waals surface area (Å²) in [5.74, 6) is -0.842. The highest BCUT2D eigenvalue weighted by Crippen LogP contribution is 2.24. The smallest absolute Gasteiger partial charge is 0.328 e. The first-order valence-electron chi connectivity index (χ1n) is 22.1. The van der Waals surface area contributed by atoms with Gasteiger partial charge in [0.1, 0.15) is 12.1 Å². The summed E-state index contributed by atoms with van der Waals surface area (Å²) in [6.45, 7) is 10.9. The van der Waals surface area contributed by atoms with Crippen molar-refractivity contribution < 1.29 is 23.9 Å². The van der Waals surface area contributed by atoms with Gasteiger partial charge in [-0.3, -0.25) is 4.79 Å². The van der Waals surface area contributed by atoms with Crippen LogP contribution < -0.4 is 0 Å². The van der Waals surface area contributed by atoms with E-state index in [1.165, 1.54) is 128 Å². The van der Waals surface area contributed by atoms with Gasteiger partial charge in [-0.2, -0.15) is 0 Å². The van der Waals surface area contributed by atoms with E-state index >= 15 is 0 Å². The zero-order chi connectivity index (χ0) is 36.9. The molecular weight excluding hydrogens is 622 g/mol. The fourth-order valence-corrected chi connectivity index (χ4v) is 7.15. The highest BCUT2D eigenvalue weighted by molar-refractivity contribution is 5.89. The number of nitrogens with zero attached hydrogens (tertiary/aromatic N) is 1. The molecular formula is C44H85NO5. The number of carbonyl (C=O) groups is 3. The third-order valence-electron chi connectivity index (χ3n) is 10.2. The molecule has 0 aliphatic heterocycles. The Kier molecular flexibility index (Phi) is 36.0. The van der Waals surface area contributed by atoms with Crippen LogP contribution in [-0.4, -0.2) is 48.0 Å². The molecule has 0 spiro atoms. The van der Waals surface area contributed by atoms with Crippen molar-refractivity contribution in [1.82, 2.24) is 4.90 Å². The Hall–Kier alpha value is -1.59. The number of hydrogen-bond donors (Lipinski definition) is 0. The van der Waals surface area contributed by atoms with E-state index in [1.54, 1.807) is 4.90 Å². The predicted molar refractivity (Wildman–Crippen MR) is 212 cm³/mol.